The molecule has 2 heterocycles. The summed E-state index contributed by atoms with van der Waals surface area (Å²) in [6, 6.07) is 14.6. The van der Waals surface area contributed by atoms with Crippen LogP contribution in [0, 0.1) is 0 Å². The van der Waals surface area contributed by atoms with E-state index in [0.717, 1.165) is 10.2 Å². The van der Waals surface area contributed by atoms with Gasteiger partial charge in [-0.15, -0.1) is 10.2 Å². The van der Waals surface area contributed by atoms with Crippen molar-refractivity contribution in [3.8, 4) is 5.75 Å². The van der Waals surface area contributed by atoms with E-state index in [4.69, 9.17) is 20.8 Å². The SMILES string of the molecule is O=c1sc2ccccc2n1Cc1nnc(COc2ccc(Cl)cc2)o1. The van der Waals surface area contributed by atoms with E-state index in [2.05, 4.69) is 10.2 Å². The van der Waals surface area contributed by atoms with Crippen molar-refractivity contribution in [3.63, 3.8) is 0 Å². The molecule has 6 nitrogen and oxygen atoms in total. The number of halogens is 1. The largest absolute Gasteiger partial charge is 0.484 e. The predicted molar refractivity (Wildman–Crippen MR) is 95.3 cm³/mol. The van der Waals surface area contributed by atoms with Gasteiger partial charge in [-0.2, -0.15) is 0 Å². The molecule has 0 spiro atoms. The molecule has 0 aliphatic heterocycles. The van der Waals surface area contributed by atoms with Gasteiger partial charge in [0.15, 0.2) is 6.61 Å². The van der Waals surface area contributed by atoms with Crippen LogP contribution in [0.25, 0.3) is 10.2 Å². The number of hydrogen-bond donors (Lipinski definition) is 0. The highest BCUT2D eigenvalue weighted by atomic mass is 35.5. The Labute approximate surface area is 151 Å². The summed E-state index contributed by atoms with van der Waals surface area (Å²) in [5.41, 5.74) is 0.856. The van der Waals surface area contributed by atoms with E-state index in [1.807, 2.05) is 24.3 Å². The molecule has 0 aliphatic carbocycles. The highest BCUT2D eigenvalue weighted by Crippen LogP contribution is 2.18. The maximum absolute atomic E-state index is 12.1. The summed E-state index contributed by atoms with van der Waals surface area (Å²) in [5.74, 6) is 1.36. The van der Waals surface area contributed by atoms with Gasteiger partial charge in [0.2, 0.25) is 5.89 Å². The normalized spacial score (nSPS) is 11.1. The molecule has 126 valence electrons. The molecule has 0 bridgehead atoms. The van der Waals surface area contributed by atoms with Gasteiger partial charge >= 0.3 is 4.87 Å². The number of benzene rings is 2. The maximum atomic E-state index is 12.1. The first-order chi connectivity index (χ1) is 12.2. The van der Waals surface area contributed by atoms with E-state index in [1.54, 1.807) is 28.8 Å². The number of ether oxygens (including phenoxy) is 1. The molecule has 0 unspecified atom stereocenters. The lowest BCUT2D eigenvalue weighted by Crippen LogP contribution is -2.13. The van der Waals surface area contributed by atoms with Gasteiger partial charge in [-0.3, -0.25) is 9.36 Å². The Morgan fingerprint density at radius 3 is 2.68 bits per heavy atom. The summed E-state index contributed by atoms with van der Waals surface area (Å²) in [7, 11) is 0. The molecule has 0 N–H and O–H groups in total. The molecule has 2 aromatic heterocycles. The third-order valence-electron chi connectivity index (χ3n) is 3.55. The third kappa shape index (κ3) is 3.42. The minimum absolute atomic E-state index is 0.0571. The molecule has 4 aromatic rings. The van der Waals surface area contributed by atoms with Crippen LogP contribution in [0.3, 0.4) is 0 Å². The second-order valence-corrected chi connectivity index (χ2v) is 6.68. The van der Waals surface area contributed by atoms with E-state index >= 15 is 0 Å². The average molecular weight is 374 g/mol. The highest BCUT2D eigenvalue weighted by Gasteiger charge is 2.12. The molecule has 25 heavy (non-hydrogen) atoms. The van der Waals surface area contributed by atoms with Crippen LogP contribution in [0.5, 0.6) is 5.75 Å². The van der Waals surface area contributed by atoms with Crippen LogP contribution < -0.4 is 9.61 Å². The molecule has 0 saturated carbocycles. The smallest absolute Gasteiger partial charge is 0.308 e. The second-order valence-electron chi connectivity index (χ2n) is 5.25. The number of hydrogen-bond acceptors (Lipinski definition) is 6. The second kappa shape index (κ2) is 6.70. The molecular formula is C17H12ClN3O3S. The maximum Gasteiger partial charge on any atom is 0.308 e. The van der Waals surface area contributed by atoms with Crippen molar-refractivity contribution in [3.05, 3.63) is 75.0 Å². The molecule has 0 atom stereocenters. The zero-order chi connectivity index (χ0) is 17.2. The monoisotopic (exact) mass is 373 g/mol. The van der Waals surface area contributed by atoms with E-state index in [1.165, 1.54) is 11.3 Å². The van der Waals surface area contributed by atoms with Gasteiger partial charge in [0, 0.05) is 5.02 Å². The lowest BCUT2D eigenvalue weighted by atomic mass is 10.3. The van der Waals surface area contributed by atoms with Crippen molar-refractivity contribution < 1.29 is 9.15 Å². The fourth-order valence-corrected chi connectivity index (χ4v) is 3.40. The summed E-state index contributed by atoms with van der Waals surface area (Å²) in [4.78, 5) is 12.1. The Morgan fingerprint density at radius 1 is 1.08 bits per heavy atom. The first-order valence-electron chi connectivity index (χ1n) is 7.47. The Bertz CT molecular complexity index is 1070. The van der Waals surface area contributed by atoms with Crippen LogP contribution >= 0.6 is 22.9 Å². The fraction of sp³-hybridized carbons (Fsp3) is 0.118. The van der Waals surface area contributed by atoms with Gasteiger partial charge in [0.05, 0.1) is 10.2 Å². The minimum Gasteiger partial charge on any atom is -0.484 e. The molecule has 0 radical (unpaired) electrons. The van der Waals surface area contributed by atoms with Crippen molar-refractivity contribution in [1.29, 1.82) is 0 Å². The molecule has 2 aromatic carbocycles. The number of rotatable bonds is 5. The van der Waals surface area contributed by atoms with Crippen LogP contribution in [0.2, 0.25) is 5.02 Å². The van der Waals surface area contributed by atoms with E-state index in [-0.39, 0.29) is 18.0 Å². The predicted octanol–water partition coefficient (Wildman–Crippen LogP) is 3.73. The minimum atomic E-state index is -0.0571. The number of thiazole rings is 1. The molecule has 0 saturated heterocycles. The van der Waals surface area contributed by atoms with Crippen LogP contribution in [-0.4, -0.2) is 14.8 Å². The molecule has 0 aliphatic rings. The number of fused-ring (bicyclic) bond motifs is 1. The Kier molecular flexibility index (Phi) is 4.25. The van der Waals surface area contributed by atoms with E-state index < -0.39 is 0 Å². The van der Waals surface area contributed by atoms with Crippen molar-refractivity contribution >= 4 is 33.2 Å². The van der Waals surface area contributed by atoms with Gasteiger partial charge < -0.3 is 9.15 Å². The average Bonchev–Trinajstić information content (AvgIpc) is 3.19. The number of aromatic nitrogens is 3. The molecule has 0 fully saturated rings. The van der Waals surface area contributed by atoms with Crippen LogP contribution in [-0.2, 0) is 13.2 Å². The van der Waals surface area contributed by atoms with Gasteiger partial charge in [0.25, 0.3) is 5.89 Å². The lowest BCUT2D eigenvalue weighted by Gasteiger charge is -2.02. The summed E-state index contributed by atoms with van der Waals surface area (Å²) in [5, 5.41) is 8.59. The summed E-state index contributed by atoms with van der Waals surface area (Å²) >= 11 is 7.03. The van der Waals surface area contributed by atoms with Crippen LogP contribution in [0.15, 0.2) is 57.7 Å². The summed E-state index contributed by atoms with van der Waals surface area (Å²) < 4.78 is 13.7. The molecule has 4 rings (SSSR count). The van der Waals surface area contributed by atoms with Crippen LogP contribution in [0.1, 0.15) is 11.8 Å². The molecule has 8 heteroatoms. The third-order valence-corrected chi connectivity index (χ3v) is 4.76. The Hall–Kier alpha value is -2.64. The van der Waals surface area contributed by atoms with Crippen LogP contribution in [0.4, 0.5) is 0 Å². The van der Waals surface area contributed by atoms with Gasteiger partial charge in [-0.1, -0.05) is 35.1 Å². The van der Waals surface area contributed by atoms with Crippen molar-refractivity contribution in [1.82, 2.24) is 14.8 Å². The van der Waals surface area contributed by atoms with Gasteiger partial charge in [0.1, 0.15) is 12.3 Å². The zero-order valence-electron chi connectivity index (χ0n) is 12.9. The van der Waals surface area contributed by atoms with Crippen molar-refractivity contribution in [2.24, 2.45) is 0 Å². The van der Waals surface area contributed by atoms with E-state index in [9.17, 15) is 4.79 Å². The lowest BCUT2D eigenvalue weighted by molar-refractivity contribution is 0.258. The first-order valence-corrected chi connectivity index (χ1v) is 8.66. The number of nitrogens with zero attached hydrogens (tertiary/aromatic N) is 3. The highest BCUT2D eigenvalue weighted by molar-refractivity contribution is 7.16. The molecular weight excluding hydrogens is 362 g/mol. The zero-order valence-corrected chi connectivity index (χ0v) is 14.5. The Morgan fingerprint density at radius 2 is 1.84 bits per heavy atom. The van der Waals surface area contributed by atoms with E-state index in [0.29, 0.717) is 22.6 Å². The van der Waals surface area contributed by atoms with Gasteiger partial charge in [-0.05, 0) is 36.4 Å². The van der Waals surface area contributed by atoms with Gasteiger partial charge in [-0.25, -0.2) is 0 Å². The standard InChI is InChI=1S/C17H12ClN3O3S/c18-11-5-7-12(8-6-11)23-10-16-20-19-15(24-16)9-21-13-3-1-2-4-14(13)25-17(21)22/h1-8H,9-10H2. The van der Waals surface area contributed by atoms with Crippen molar-refractivity contribution in [2.75, 3.05) is 0 Å². The fourth-order valence-electron chi connectivity index (χ4n) is 2.39. The quantitative estimate of drug-likeness (QED) is 0.533. The molecule has 0 amide bonds. The summed E-state index contributed by atoms with van der Waals surface area (Å²) in [6.07, 6.45) is 0. The van der Waals surface area contributed by atoms with Crippen molar-refractivity contribution in [2.45, 2.75) is 13.2 Å². The first kappa shape index (κ1) is 15.9. The Balaban J connectivity index is 1.48. The number of para-hydroxylation sites is 1. The summed E-state index contributed by atoms with van der Waals surface area (Å²) in [6.45, 7) is 0.380. The topological polar surface area (TPSA) is 70.2 Å².